The number of nitrogens with one attached hydrogen (secondary N) is 2. The molecular formula is C12H14FN5O3S2. The van der Waals surface area contributed by atoms with Gasteiger partial charge in [-0.25, -0.2) is 17.5 Å². The van der Waals surface area contributed by atoms with Gasteiger partial charge in [-0.2, -0.15) is 0 Å². The van der Waals surface area contributed by atoms with Crippen LogP contribution in [0.15, 0.2) is 23.1 Å². The molecule has 0 atom stereocenters. The number of benzene rings is 1. The van der Waals surface area contributed by atoms with E-state index in [1.807, 2.05) is 0 Å². The number of anilines is 1. The molecule has 0 aliphatic heterocycles. The van der Waals surface area contributed by atoms with Crippen molar-refractivity contribution in [2.75, 3.05) is 12.3 Å². The zero-order chi connectivity index (χ0) is 17.0. The second kappa shape index (κ2) is 6.98. The molecule has 124 valence electrons. The Morgan fingerprint density at radius 1 is 1.39 bits per heavy atom. The number of hydrogen-bond donors (Lipinski definition) is 3. The van der Waals surface area contributed by atoms with E-state index in [0.717, 1.165) is 29.5 Å². The second-order valence-corrected chi connectivity index (χ2v) is 7.37. The molecule has 0 bridgehead atoms. The van der Waals surface area contributed by atoms with E-state index >= 15 is 0 Å². The lowest BCUT2D eigenvalue weighted by Crippen LogP contribution is -2.36. The number of sulfonamides is 1. The fraction of sp³-hybridized carbons (Fsp3) is 0.250. The van der Waals surface area contributed by atoms with Crippen molar-refractivity contribution < 1.29 is 17.6 Å². The highest BCUT2D eigenvalue weighted by Gasteiger charge is 2.18. The van der Waals surface area contributed by atoms with Gasteiger partial charge in [0.2, 0.25) is 21.1 Å². The first kappa shape index (κ1) is 17.2. The highest BCUT2D eigenvalue weighted by Crippen LogP contribution is 2.15. The number of nitrogens with two attached hydrogens (primary N) is 1. The second-order valence-electron chi connectivity index (χ2n) is 4.55. The van der Waals surface area contributed by atoms with Crippen LogP contribution in [0.3, 0.4) is 0 Å². The van der Waals surface area contributed by atoms with Crippen molar-refractivity contribution in [2.45, 2.75) is 18.4 Å². The Bertz CT molecular complexity index is 822. The number of aromatic nitrogens is 2. The molecule has 8 nitrogen and oxygen atoms in total. The Morgan fingerprint density at radius 3 is 2.74 bits per heavy atom. The average Bonchev–Trinajstić information content (AvgIpc) is 2.88. The van der Waals surface area contributed by atoms with Gasteiger partial charge in [-0.3, -0.25) is 4.79 Å². The molecule has 4 N–H and O–H groups in total. The SMILES string of the molecule is Cc1cc(F)ccc1S(=O)(=O)NCC(=O)NCc1nnc(N)s1. The van der Waals surface area contributed by atoms with Crippen LogP contribution in [0.1, 0.15) is 10.6 Å². The van der Waals surface area contributed by atoms with Gasteiger partial charge in [-0.05, 0) is 30.7 Å². The number of nitrogen functional groups attached to an aromatic ring is 1. The zero-order valence-electron chi connectivity index (χ0n) is 12.0. The molecule has 0 aliphatic carbocycles. The van der Waals surface area contributed by atoms with Crippen molar-refractivity contribution in [2.24, 2.45) is 0 Å². The van der Waals surface area contributed by atoms with Crippen molar-refractivity contribution in [1.29, 1.82) is 0 Å². The lowest BCUT2D eigenvalue weighted by atomic mass is 10.2. The molecule has 0 saturated heterocycles. The fourth-order valence-electron chi connectivity index (χ4n) is 1.73. The lowest BCUT2D eigenvalue weighted by molar-refractivity contribution is -0.120. The number of carbonyl (C=O) groups excluding carboxylic acids is 1. The molecule has 0 saturated carbocycles. The highest BCUT2D eigenvalue weighted by atomic mass is 32.2. The van der Waals surface area contributed by atoms with Gasteiger partial charge in [-0.1, -0.05) is 11.3 Å². The van der Waals surface area contributed by atoms with Crippen LogP contribution >= 0.6 is 11.3 Å². The quantitative estimate of drug-likeness (QED) is 0.674. The lowest BCUT2D eigenvalue weighted by Gasteiger charge is -2.09. The third-order valence-corrected chi connectivity index (χ3v) is 5.08. The van der Waals surface area contributed by atoms with Gasteiger partial charge in [0.15, 0.2) is 0 Å². The van der Waals surface area contributed by atoms with Gasteiger partial charge in [0.1, 0.15) is 10.8 Å². The van der Waals surface area contributed by atoms with Crippen LogP contribution < -0.4 is 15.8 Å². The summed E-state index contributed by atoms with van der Waals surface area (Å²) in [4.78, 5) is 11.6. The van der Waals surface area contributed by atoms with Crippen LogP contribution in [0.5, 0.6) is 0 Å². The monoisotopic (exact) mass is 359 g/mol. The Kier molecular flexibility index (Phi) is 5.23. The van der Waals surface area contributed by atoms with Crippen molar-refractivity contribution >= 4 is 32.4 Å². The number of hydrogen-bond acceptors (Lipinski definition) is 7. The number of rotatable bonds is 6. The summed E-state index contributed by atoms with van der Waals surface area (Å²) in [5.41, 5.74) is 5.66. The zero-order valence-corrected chi connectivity index (χ0v) is 13.7. The smallest absolute Gasteiger partial charge is 0.241 e. The van der Waals surface area contributed by atoms with Gasteiger partial charge in [0.25, 0.3) is 0 Å². The van der Waals surface area contributed by atoms with Gasteiger partial charge in [-0.15, -0.1) is 10.2 Å². The van der Waals surface area contributed by atoms with Gasteiger partial charge in [0, 0.05) is 0 Å². The minimum Gasteiger partial charge on any atom is -0.374 e. The van der Waals surface area contributed by atoms with E-state index in [1.165, 1.54) is 6.92 Å². The normalized spacial score (nSPS) is 11.4. The topological polar surface area (TPSA) is 127 Å². The van der Waals surface area contributed by atoms with Crippen LogP contribution in [0.4, 0.5) is 9.52 Å². The van der Waals surface area contributed by atoms with E-state index in [1.54, 1.807) is 0 Å². The van der Waals surface area contributed by atoms with E-state index in [9.17, 15) is 17.6 Å². The van der Waals surface area contributed by atoms with E-state index in [-0.39, 0.29) is 22.1 Å². The predicted octanol–water partition coefficient (Wildman–Crippen LogP) is 0.163. The first-order chi connectivity index (χ1) is 10.8. The van der Waals surface area contributed by atoms with Crippen LogP contribution in [0, 0.1) is 12.7 Å². The van der Waals surface area contributed by atoms with E-state index in [2.05, 4.69) is 20.2 Å². The molecule has 2 rings (SSSR count). The van der Waals surface area contributed by atoms with Crippen LogP contribution in [-0.2, 0) is 21.4 Å². The molecule has 0 fully saturated rings. The van der Waals surface area contributed by atoms with Crippen molar-refractivity contribution in [1.82, 2.24) is 20.2 Å². The third kappa shape index (κ3) is 4.68. The van der Waals surface area contributed by atoms with Gasteiger partial charge >= 0.3 is 0 Å². The maximum absolute atomic E-state index is 13.0. The molecule has 0 radical (unpaired) electrons. The van der Waals surface area contributed by atoms with Crippen LogP contribution in [0.25, 0.3) is 0 Å². The summed E-state index contributed by atoms with van der Waals surface area (Å²) >= 11 is 1.12. The molecule has 1 aromatic heterocycles. The number of aryl methyl sites for hydroxylation is 1. The van der Waals surface area contributed by atoms with Crippen molar-refractivity contribution in [3.05, 3.63) is 34.6 Å². The summed E-state index contributed by atoms with van der Waals surface area (Å²) < 4.78 is 39.4. The summed E-state index contributed by atoms with van der Waals surface area (Å²) in [5, 5.41) is 10.6. The average molecular weight is 359 g/mol. The molecule has 1 heterocycles. The Balaban J connectivity index is 1.92. The summed E-state index contributed by atoms with van der Waals surface area (Å²) in [6, 6.07) is 3.30. The predicted molar refractivity (Wildman–Crippen MR) is 82.5 cm³/mol. The number of carbonyl (C=O) groups is 1. The number of amides is 1. The maximum atomic E-state index is 13.0. The molecule has 23 heavy (non-hydrogen) atoms. The first-order valence-electron chi connectivity index (χ1n) is 6.38. The van der Waals surface area contributed by atoms with Crippen LogP contribution in [0.2, 0.25) is 0 Å². The van der Waals surface area contributed by atoms with E-state index < -0.39 is 28.3 Å². The van der Waals surface area contributed by atoms with Crippen LogP contribution in [-0.4, -0.2) is 31.1 Å². The highest BCUT2D eigenvalue weighted by molar-refractivity contribution is 7.89. The molecule has 2 aromatic rings. The molecular weight excluding hydrogens is 345 g/mol. The fourth-order valence-corrected chi connectivity index (χ4v) is 3.48. The standard InChI is InChI=1S/C12H14FN5O3S2/c1-7-4-8(13)2-3-9(7)23(20,21)16-5-10(19)15-6-11-17-18-12(14)22-11/h2-4,16H,5-6H2,1H3,(H2,14,18)(H,15,19). The molecule has 1 amide bonds. The summed E-state index contributed by atoms with van der Waals surface area (Å²) in [5.74, 6) is -1.07. The van der Waals surface area contributed by atoms with Crippen molar-refractivity contribution in [3.8, 4) is 0 Å². The minimum absolute atomic E-state index is 0.0800. The Hall–Kier alpha value is -2.11. The van der Waals surface area contributed by atoms with Crippen molar-refractivity contribution in [3.63, 3.8) is 0 Å². The maximum Gasteiger partial charge on any atom is 0.241 e. The summed E-state index contributed by atoms with van der Waals surface area (Å²) in [6.45, 7) is 1.12. The summed E-state index contributed by atoms with van der Waals surface area (Å²) in [6.07, 6.45) is 0. The van der Waals surface area contributed by atoms with E-state index in [4.69, 9.17) is 5.73 Å². The third-order valence-electron chi connectivity index (χ3n) is 2.77. The molecule has 0 aliphatic rings. The number of halogens is 1. The minimum atomic E-state index is -3.90. The largest absolute Gasteiger partial charge is 0.374 e. The number of nitrogens with zero attached hydrogens (tertiary/aromatic N) is 2. The first-order valence-corrected chi connectivity index (χ1v) is 8.68. The Morgan fingerprint density at radius 2 is 2.13 bits per heavy atom. The van der Waals surface area contributed by atoms with Gasteiger partial charge < -0.3 is 11.1 Å². The molecule has 0 unspecified atom stereocenters. The molecule has 11 heteroatoms. The molecule has 0 spiro atoms. The Labute approximate surface area is 136 Å². The van der Waals surface area contributed by atoms with Gasteiger partial charge in [0.05, 0.1) is 18.0 Å². The summed E-state index contributed by atoms with van der Waals surface area (Å²) in [7, 11) is -3.90. The van der Waals surface area contributed by atoms with E-state index in [0.29, 0.717) is 5.01 Å². The molecule has 1 aromatic carbocycles.